The lowest BCUT2D eigenvalue weighted by molar-refractivity contribution is -0.122. The van der Waals surface area contributed by atoms with Gasteiger partial charge >= 0.3 is 6.03 Å². The lowest BCUT2D eigenvalue weighted by Gasteiger charge is -2.17. The number of nitrogens with one attached hydrogen (secondary N) is 3. The molecule has 1 fully saturated rings. The molecule has 148 valence electrons. The highest BCUT2D eigenvalue weighted by Gasteiger charge is 2.19. The molecule has 1 saturated carbocycles. The van der Waals surface area contributed by atoms with Gasteiger partial charge in [-0.25, -0.2) is 4.79 Å². The van der Waals surface area contributed by atoms with Crippen LogP contribution < -0.4 is 20.7 Å². The Bertz CT molecular complexity index is 692. The van der Waals surface area contributed by atoms with E-state index in [1.807, 2.05) is 0 Å². The normalized spacial score (nSPS) is 14.1. The average molecular weight is 397 g/mol. The number of hydrogen-bond acceptors (Lipinski definition) is 5. The van der Waals surface area contributed by atoms with Crippen molar-refractivity contribution in [2.24, 2.45) is 0 Å². The SMILES string of the molecule is COc1ccc(Cl)cc1NC(=O)CN(C)CC(=O)NC(=O)NC1CCCC1. The molecule has 0 aromatic heterocycles. The van der Waals surface area contributed by atoms with Gasteiger partial charge < -0.3 is 15.4 Å². The molecule has 0 atom stereocenters. The lowest BCUT2D eigenvalue weighted by Crippen LogP contribution is -2.47. The number of carbonyl (C=O) groups is 3. The lowest BCUT2D eigenvalue weighted by atomic mass is 10.2. The number of anilines is 1. The fraction of sp³-hybridized carbons (Fsp3) is 0.500. The molecule has 1 aliphatic carbocycles. The Morgan fingerprint density at radius 1 is 1.19 bits per heavy atom. The van der Waals surface area contributed by atoms with Crippen LogP contribution in [0.1, 0.15) is 25.7 Å². The molecule has 0 unspecified atom stereocenters. The fourth-order valence-electron chi connectivity index (χ4n) is 2.97. The number of amides is 4. The third-order valence-electron chi connectivity index (χ3n) is 4.21. The second-order valence-electron chi connectivity index (χ2n) is 6.57. The molecule has 0 saturated heterocycles. The van der Waals surface area contributed by atoms with Crippen LogP contribution in [0.15, 0.2) is 18.2 Å². The average Bonchev–Trinajstić information content (AvgIpc) is 3.07. The van der Waals surface area contributed by atoms with Gasteiger partial charge in [0.15, 0.2) is 0 Å². The second kappa shape index (κ2) is 10.1. The standard InChI is InChI=1S/C18H25ClN4O4/c1-23(11-17(25)22-18(26)20-13-5-3-4-6-13)10-16(24)21-14-9-12(19)7-8-15(14)27-2/h7-9,13H,3-6,10-11H2,1-2H3,(H,21,24)(H2,20,22,25,26). The minimum absolute atomic E-state index is 0.0344. The molecule has 8 nitrogen and oxygen atoms in total. The number of halogens is 1. The maximum Gasteiger partial charge on any atom is 0.321 e. The first kappa shape index (κ1) is 21.0. The van der Waals surface area contributed by atoms with E-state index in [1.165, 1.54) is 12.0 Å². The molecule has 1 aromatic rings. The van der Waals surface area contributed by atoms with Crippen molar-refractivity contribution in [1.82, 2.24) is 15.5 Å². The number of benzene rings is 1. The molecule has 0 aliphatic heterocycles. The molecule has 1 aromatic carbocycles. The molecule has 1 aliphatic rings. The number of ether oxygens (including phenoxy) is 1. The number of methoxy groups -OCH3 is 1. The third kappa shape index (κ3) is 7.07. The minimum Gasteiger partial charge on any atom is -0.495 e. The maximum atomic E-state index is 12.2. The van der Waals surface area contributed by atoms with Crippen molar-refractivity contribution >= 4 is 35.1 Å². The molecule has 9 heteroatoms. The number of rotatable bonds is 7. The van der Waals surface area contributed by atoms with Crippen LogP contribution in [-0.4, -0.2) is 56.0 Å². The first-order chi connectivity index (χ1) is 12.9. The summed E-state index contributed by atoms with van der Waals surface area (Å²) in [5.74, 6) is -0.320. The van der Waals surface area contributed by atoms with Gasteiger partial charge in [0, 0.05) is 11.1 Å². The number of urea groups is 1. The quantitative estimate of drug-likeness (QED) is 0.654. The first-order valence-corrected chi connectivity index (χ1v) is 9.17. The number of likely N-dealkylation sites (N-methyl/N-ethyl adjacent to an activating group) is 1. The Morgan fingerprint density at radius 3 is 2.52 bits per heavy atom. The highest BCUT2D eigenvalue weighted by Crippen LogP contribution is 2.27. The fourth-order valence-corrected chi connectivity index (χ4v) is 3.14. The van der Waals surface area contributed by atoms with Crippen molar-refractivity contribution in [1.29, 1.82) is 0 Å². The summed E-state index contributed by atoms with van der Waals surface area (Å²) in [5, 5.41) is 8.23. The summed E-state index contributed by atoms with van der Waals surface area (Å²) in [5.41, 5.74) is 0.448. The van der Waals surface area contributed by atoms with E-state index < -0.39 is 11.9 Å². The summed E-state index contributed by atoms with van der Waals surface area (Å²) in [6.07, 6.45) is 4.06. The third-order valence-corrected chi connectivity index (χ3v) is 4.44. The van der Waals surface area contributed by atoms with Crippen LogP contribution in [0.3, 0.4) is 0 Å². The van der Waals surface area contributed by atoms with Crippen molar-refractivity contribution in [2.45, 2.75) is 31.7 Å². The van der Waals surface area contributed by atoms with Crippen molar-refractivity contribution in [2.75, 3.05) is 32.6 Å². The Labute approximate surface area is 163 Å². The van der Waals surface area contributed by atoms with Crippen LogP contribution in [0.5, 0.6) is 5.75 Å². The van der Waals surface area contributed by atoms with Crippen molar-refractivity contribution in [3.05, 3.63) is 23.2 Å². The monoisotopic (exact) mass is 396 g/mol. The summed E-state index contributed by atoms with van der Waals surface area (Å²) in [7, 11) is 3.11. The molecular weight excluding hydrogens is 372 g/mol. The molecule has 0 spiro atoms. The molecule has 4 amide bonds. The Morgan fingerprint density at radius 2 is 1.85 bits per heavy atom. The maximum absolute atomic E-state index is 12.2. The van der Waals surface area contributed by atoms with Gasteiger partial charge in [0.2, 0.25) is 11.8 Å². The molecule has 2 rings (SSSR count). The van der Waals surface area contributed by atoms with Gasteiger partial charge in [-0.1, -0.05) is 24.4 Å². The summed E-state index contributed by atoms with van der Waals surface area (Å²) >= 11 is 5.93. The van der Waals surface area contributed by atoms with E-state index >= 15 is 0 Å². The highest BCUT2D eigenvalue weighted by molar-refractivity contribution is 6.31. The summed E-state index contributed by atoms with van der Waals surface area (Å²) < 4.78 is 5.17. The molecule has 27 heavy (non-hydrogen) atoms. The number of carbonyl (C=O) groups excluding carboxylic acids is 3. The van der Waals surface area contributed by atoms with Gasteiger partial charge in [0.1, 0.15) is 5.75 Å². The number of nitrogens with zero attached hydrogens (tertiary/aromatic N) is 1. The van der Waals surface area contributed by atoms with Gasteiger partial charge in [-0.05, 0) is 38.1 Å². The zero-order chi connectivity index (χ0) is 19.8. The van der Waals surface area contributed by atoms with E-state index in [9.17, 15) is 14.4 Å². The van der Waals surface area contributed by atoms with Gasteiger partial charge in [0.25, 0.3) is 0 Å². The van der Waals surface area contributed by atoms with Crippen LogP contribution in [0, 0.1) is 0 Å². The Hall–Kier alpha value is -2.32. The Kier molecular flexibility index (Phi) is 7.87. The van der Waals surface area contributed by atoms with E-state index in [0.29, 0.717) is 16.5 Å². The van der Waals surface area contributed by atoms with Gasteiger partial charge in [0.05, 0.1) is 25.9 Å². The molecule has 3 N–H and O–H groups in total. The van der Waals surface area contributed by atoms with Crippen LogP contribution in [0.25, 0.3) is 0 Å². The van der Waals surface area contributed by atoms with Crippen LogP contribution in [-0.2, 0) is 9.59 Å². The van der Waals surface area contributed by atoms with Crippen molar-refractivity contribution in [3.63, 3.8) is 0 Å². The Balaban J connectivity index is 1.76. The zero-order valence-electron chi connectivity index (χ0n) is 15.5. The van der Waals surface area contributed by atoms with E-state index in [0.717, 1.165) is 25.7 Å². The first-order valence-electron chi connectivity index (χ1n) is 8.79. The van der Waals surface area contributed by atoms with E-state index in [-0.39, 0.29) is 25.0 Å². The van der Waals surface area contributed by atoms with Crippen molar-refractivity contribution < 1.29 is 19.1 Å². The molecule has 0 bridgehead atoms. The zero-order valence-corrected chi connectivity index (χ0v) is 16.3. The van der Waals surface area contributed by atoms with E-state index in [1.54, 1.807) is 25.2 Å². The smallest absolute Gasteiger partial charge is 0.321 e. The predicted molar refractivity (Wildman–Crippen MR) is 103 cm³/mol. The van der Waals surface area contributed by atoms with Crippen LogP contribution in [0.4, 0.5) is 10.5 Å². The van der Waals surface area contributed by atoms with E-state index in [4.69, 9.17) is 16.3 Å². The van der Waals surface area contributed by atoms with Gasteiger partial charge in [-0.2, -0.15) is 0 Å². The molecular formula is C18H25ClN4O4. The van der Waals surface area contributed by atoms with Gasteiger partial charge in [-0.3, -0.25) is 19.8 Å². The second-order valence-corrected chi connectivity index (χ2v) is 7.00. The van der Waals surface area contributed by atoms with Crippen molar-refractivity contribution in [3.8, 4) is 5.75 Å². The largest absolute Gasteiger partial charge is 0.495 e. The summed E-state index contributed by atoms with van der Waals surface area (Å²) in [6.45, 7) is -0.120. The van der Waals surface area contributed by atoms with E-state index in [2.05, 4.69) is 16.0 Å². The number of imide groups is 1. The van der Waals surface area contributed by atoms with Crippen LogP contribution in [0.2, 0.25) is 5.02 Å². The topological polar surface area (TPSA) is 99.8 Å². The summed E-state index contributed by atoms with van der Waals surface area (Å²) in [4.78, 5) is 37.4. The van der Waals surface area contributed by atoms with Gasteiger partial charge in [-0.15, -0.1) is 0 Å². The minimum atomic E-state index is -0.492. The van der Waals surface area contributed by atoms with Crippen LogP contribution >= 0.6 is 11.6 Å². The molecule has 0 heterocycles. The summed E-state index contributed by atoms with van der Waals surface area (Å²) in [6, 6.07) is 4.53. The predicted octanol–water partition coefficient (Wildman–Crippen LogP) is 1.99. The highest BCUT2D eigenvalue weighted by atomic mass is 35.5. The number of hydrogen-bond donors (Lipinski definition) is 3. The molecule has 0 radical (unpaired) electrons.